The number of H-pyrrole nitrogens is 1. The van der Waals surface area contributed by atoms with E-state index in [1.165, 1.54) is 18.6 Å². The molecule has 0 aromatic carbocycles. The standard InChI is InChI=1S/C8H10N4O/c1-6(10-3-2-9)7(13)8-11-4-5-12-8/h2-5,10H,1,9H2,(H,11,12)/b3-2-. The molecule has 68 valence electrons. The lowest BCUT2D eigenvalue weighted by molar-refractivity contribution is 0.102. The first kappa shape index (κ1) is 9.05. The van der Waals surface area contributed by atoms with Gasteiger partial charge in [-0.25, -0.2) is 4.98 Å². The second-order valence-corrected chi connectivity index (χ2v) is 2.25. The summed E-state index contributed by atoms with van der Waals surface area (Å²) in [5.74, 6) is -0.0361. The number of rotatable bonds is 4. The van der Waals surface area contributed by atoms with Crippen molar-refractivity contribution in [1.29, 1.82) is 0 Å². The number of hydrogen-bond acceptors (Lipinski definition) is 4. The van der Waals surface area contributed by atoms with Crippen LogP contribution in [0.25, 0.3) is 0 Å². The van der Waals surface area contributed by atoms with Gasteiger partial charge in [0.15, 0.2) is 5.82 Å². The van der Waals surface area contributed by atoms with E-state index in [-0.39, 0.29) is 17.3 Å². The van der Waals surface area contributed by atoms with Crippen LogP contribution in [0.1, 0.15) is 10.6 Å². The van der Waals surface area contributed by atoms with Gasteiger partial charge in [0.1, 0.15) is 0 Å². The summed E-state index contributed by atoms with van der Waals surface area (Å²) in [7, 11) is 0. The summed E-state index contributed by atoms with van der Waals surface area (Å²) in [5, 5.41) is 2.61. The molecule has 1 heterocycles. The van der Waals surface area contributed by atoms with Gasteiger partial charge >= 0.3 is 0 Å². The lowest BCUT2D eigenvalue weighted by Gasteiger charge is -2.00. The van der Waals surface area contributed by atoms with Crippen molar-refractivity contribution >= 4 is 5.78 Å². The predicted molar refractivity (Wildman–Crippen MR) is 48.5 cm³/mol. The van der Waals surface area contributed by atoms with Crippen LogP contribution in [0.4, 0.5) is 0 Å². The normalized spacial score (nSPS) is 10.2. The molecule has 0 unspecified atom stereocenters. The fourth-order valence-corrected chi connectivity index (χ4v) is 0.747. The highest BCUT2D eigenvalue weighted by molar-refractivity contribution is 6.05. The summed E-state index contributed by atoms with van der Waals surface area (Å²) < 4.78 is 0. The molecule has 0 aliphatic carbocycles. The number of allylic oxidation sites excluding steroid dienone is 1. The Morgan fingerprint density at radius 1 is 1.77 bits per heavy atom. The van der Waals surface area contributed by atoms with Gasteiger partial charge in [-0.15, -0.1) is 0 Å². The van der Waals surface area contributed by atoms with Crippen molar-refractivity contribution in [2.45, 2.75) is 0 Å². The maximum Gasteiger partial charge on any atom is 0.243 e. The number of Topliss-reactive ketones (excluding diaryl/α,β-unsaturated/α-hetero) is 1. The summed E-state index contributed by atoms with van der Waals surface area (Å²) in [6, 6.07) is 0. The molecule has 0 radical (unpaired) electrons. The van der Waals surface area contributed by atoms with Crippen LogP contribution in [0, 0.1) is 0 Å². The Hall–Kier alpha value is -2.04. The van der Waals surface area contributed by atoms with Gasteiger partial charge in [0, 0.05) is 24.8 Å². The maximum atomic E-state index is 11.4. The second-order valence-electron chi connectivity index (χ2n) is 2.25. The number of carbonyl (C=O) groups excluding carboxylic acids is 1. The Bertz CT molecular complexity index is 326. The molecule has 0 spiro atoms. The highest BCUT2D eigenvalue weighted by atomic mass is 16.1. The van der Waals surface area contributed by atoms with E-state index >= 15 is 0 Å². The number of nitrogens with two attached hydrogens (primary N) is 1. The molecule has 0 atom stereocenters. The zero-order valence-electron chi connectivity index (χ0n) is 6.95. The van der Waals surface area contributed by atoms with E-state index < -0.39 is 0 Å². The van der Waals surface area contributed by atoms with Gasteiger partial charge in [-0.1, -0.05) is 6.58 Å². The lowest BCUT2D eigenvalue weighted by atomic mass is 10.3. The van der Waals surface area contributed by atoms with Gasteiger partial charge in [0.25, 0.3) is 0 Å². The van der Waals surface area contributed by atoms with Crippen LogP contribution in [0.3, 0.4) is 0 Å². The van der Waals surface area contributed by atoms with Gasteiger partial charge in [-0.3, -0.25) is 4.79 Å². The quantitative estimate of drug-likeness (QED) is 0.452. The van der Waals surface area contributed by atoms with Crippen molar-refractivity contribution in [3.05, 3.63) is 42.9 Å². The molecule has 4 N–H and O–H groups in total. The third-order valence-corrected chi connectivity index (χ3v) is 1.34. The van der Waals surface area contributed by atoms with Crippen LogP contribution in [0.5, 0.6) is 0 Å². The second kappa shape index (κ2) is 4.10. The van der Waals surface area contributed by atoms with Crippen molar-refractivity contribution < 1.29 is 4.79 Å². The highest BCUT2D eigenvalue weighted by Crippen LogP contribution is 1.97. The Labute approximate surface area is 75.4 Å². The van der Waals surface area contributed by atoms with Gasteiger partial charge in [0.2, 0.25) is 5.78 Å². The summed E-state index contributed by atoms with van der Waals surface area (Å²) in [6.45, 7) is 3.52. The number of hydrogen-bond donors (Lipinski definition) is 3. The van der Waals surface area contributed by atoms with Crippen molar-refractivity contribution in [3.63, 3.8) is 0 Å². The number of nitrogens with zero attached hydrogens (tertiary/aromatic N) is 1. The van der Waals surface area contributed by atoms with Crippen molar-refractivity contribution in [2.24, 2.45) is 5.73 Å². The molecule has 0 aliphatic heterocycles. The molecule has 0 bridgehead atoms. The van der Waals surface area contributed by atoms with E-state index in [1.54, 1.807) is 6.20 Å². The minimum Gasteiger partial charge on any atom is -0.403 e. The zero-order valence-corrected chi connectivity index (χ0v) is 6.95. The fraction of sp³-hybridized carbons (Fsp3) is 0. The first-order valence-corrected chi connectivity index (χ1v) is 3.62. The van der Waals surface area contributed by atoms with Gasteiger partial charge < -0.3 is 16.0 Å². The molecular formula is C8H10N4O. The maximum absolute atomic E-state index is 11.4. The zero-order chi connectivity index (χ0) is 9.68. The van der Waals surface area contributed by atoms with Crippen molar-refractivity contribution in [3.8, 4) is 0 Å². The fourth-order valence-electron chi connectivity index (χ4n) is 0.747. The van der Waals surface area contributed by atoms with E-state index in [0.29, 0.717) is 0 Å². The van der Waals surface area contributed by atoms with Crippen molar-refractivity contribution in [2.75, 3.05) is 0 Å². The molecular weight excluding hydrogens is 168 g/mol. The summed E-state index contributed by atoms with van der Waals surface area (Å²) >= 11 is 0. The van der Waals surface area contributed by atoms with E-state index in [2.05, 4.69) is 21.9 Å². The smallest absolute Gasteiger partial charge is 0.243 e. The molecule has 0 saturated heterocycles. The van der Waals surface area contributed by atoms with E-state index in [1.807, 2.05) is 0 Å². The van der Waals surface area contributed by atoms with Gasteiger partial charge in [-0.05, 0) is 0 Å². The number of nitrogens with one attached hydrogen (secondary N) is 2. The lowest BCUT2D eigenvalue weighted by Crippen LogP contribution is -2.15. The highest BCUT2D eigenvalue weighted by Gasteiger charge is 2.10. The van der Waals surface area contributed by atoms with Gasteiger partial charge in [0.05, 0.1) is 5.70 Å². The largest absolute Gasteiger partial charge is 0.403 e. The Morgan fingerprint density at radius 3 is 3.08 bits per heavy atom. The molecule has 5 nitrogen and oxygen atoms in total. The summed E-state index contributed by atoms with van der Waals surface area (Å²) in [5.41, 5.74) is 5.30. The minimum atomic E-state index is -0.289. The van der Waals surface area contributed by atoms with E-state index in [4.69, 9.17) is 5.73 Å². The molecule has 0 fully saturated rings. The number of imidazole rings is 1. The average molecular weight is 178 g/mol. The summed E-state index contributed by atoms with van der Waals surface area (Å²) in [4.78, 5) is 17.8. The third-order valence-electron chi connectivity index (χ3n) is 1.34. The molecule has 0 saturated carbocycles. The Kier molecular flexibility index (Phi) is 2.86. The Morgan fingerprint density at radius 2 is 2.54 bits per heavy atom. The SMILES string of the molecule is C=C(N/C=C\N)C(=O)c1ncc[nH]1. The van der Waals surface area contributed by atoms with Crippen molar-refractivity contribution in [1.82, 2.24) is 15.3 Å². The topological polar surface area (TPSA) is 83.8 Å². The van der Waals surface area contributed by atoms with Crippen LogP contribution >= 0.6 is 0 Å². The van der Waals surface area contributed by atoms with E-state index in [0.717, 1.165) is 0 Å². The monoisotopic (exact) mass is 178 g/mol. The number of ketones is 1. The van der Waals surface area contributed by atoms with Crippen LogP contribution < -0.4 is 11.1 Å². The molecule has 0 amide bonds. The number of carbonyl (C=O) groups is 1. The molecule has 1 rings (SSSR count). The van der Waals surface area contributed by atoms with Crippen LogP contribution in [0.15, 0.2) is 37.1 Å². The van der Waals surface area contributed by atoms with Gasteiger partial charge in [-0.2, -0.15) is 0 Å². The minimum absolute atomic E-state index is 0.219. The molecule has 5 heteroatoms. The average Bonchev–Trinajstić information content (AvgIpc) is 2.65. The number of aromatic amines is 1. The predicted octanol–water partition coefficient (Wildman–Crippen LogP) is 0.126. The molecule has 1 aromatic heterocycles. The molecule has 0 aliphatic rings. The number of aromatic nitrogens is 2. The first-order valence-electron chi connectivity index (χ1n) is 3.62. The Balaban J connectivity index is 2.64. The first-order chi connectivity index (χ1) is 6.25. The molecule has 1 aromatic rings. The molecule has 13 heavy (non-hydrogen) atoms. The third kappa shape index (κ3) is 2.19. The van der Waals surface area contributed by atoms with Crippen LogP contribution in [-0.2, 0) is 0 Å². The van der Waals surface area contributed by atoms with Crippen LogP contribution in [0.2, 0.25) is 0 Å². The van der Waals surface area contributed by atoms with Crippen LogP contribution in [-0.4, -0.2) is 15.8 Å². The summed E-state index contributed by atoms with van der Waals surface area (Å²) in [6.07, 6.45) is 5.77. The van der Waals surface area contributed by atoms with E-state index in [9.17, 15) is 4.79 Å².